The van der Waals surface area contributed by atoms with Crippen molar-refractivity contribution in [1.82, 2.24) is 4.90 Å². The van der Waals surface area contributed by atoms with Gasteiger partial charge in [0.25, 0.3) is 11.6 Å². The SMILES string of the molecule is O=C(COc1ccc([N+](=O)[O-])c(Cl)c1)N1CCCC1. The zero-order chi connectivity index (χ0) is 13.8. The molecular weight excluding hydrogens is 272 g/mol. The maximum Gasteiger partial charge on any atom is 0.288 e. The lowest BCUT2D eigenvalue weighted by Gasteiger charge is -2.15. The summed E-state index contributed by atoms with van der Waals surface area (Å²) in [6, 6.07) is 4.04. The summed E-state index contributed by atoms with van der Waals surface area (Å²) in [6.45, 7) is 1.46. The van der Waals surface area contributed by atoms with E-state index in [-0.39, 0.29) is 23.2 Å². The van der Waals surface area contributed by atoms with Crippen molar-refractivity contribution in [3.05, 3.63) is 33.3 Å². The minimum atomic E-state index is -0.568. The maximum atomic E-state index is 11.7. The molecule has 0 atom stereocenters. The van der Waals surface area contributed by atoms with E-state index in [0.29, 0.717) is 5.75 Å². The van der Waals surface area contributed by atoms with Gasteiger partial charge in [-0.3, -0.25) is 14.9 Å². The molecule has 102 valence electrons. The molecule has 0 radical (unpaired) electrons. The van der Waals surface area contributed by atoms with Crippen molar-refractivity contribution in [3.63, 3.8) is 0 Å². The lowest BCUT2D eigenvalue weighted by atomic mass is 10.3. The van der Waals surface area contributed by atoms with Crippen LogP contribution >= 0.6 is 11.6 Å². The Morgan fingerprint density at radius 3 is 2.68 bits per heavy atom. The minimum absolute atomic E-state index is 0.00359. The molecule has 1 aromatic rings. The Kier molecular flexibility index (Phi) is 4.21. The van der Waals surface area contributed by atoms with Crippen LogP contribution in [0.15, 0.2) is 18.2 Å². The van der Waals surface area contributed by atoms with Crippen LogP contribution in [0.2, 0.25) is 5.02 Å². The van der Waals surface area contributed by atoms with Crippen LogP contribution in [0.5, 0.6) is 5.75 Å². The van der Waals surface area contributed by atoms with Crippen LogP contribution < -0.4 is 4.74 Å². The molecule has 1 amide bonds. The largest absolute Gasteiger partial charge is 0.484 e. The molecule has 0 aromatic heterocycles. The van der Waals surface area contributed by atoms with Crippen molar-refractivity contribution in [2.45, 2.75) is 12.8 Å². The molecule has 0 spiro atoms. The summed E-state index contributed by atoms with van der Waals surface area (Å²) in [7, 11) is 0. The molecule has 0 aliphatic carbocycles. The normalized spacial score (nSPS) is 14.5. The first-order chi connectivity index (χ1) is 9.08. The molecule has 1 saturated heterocycles. The molecular formula is C12H13ClN2O4. The van der Waals surface area contributed by atoms with E-state index in [1.807, 2.05) is 0 Å². The Hall–Kier alpha value is -1.82. The van der Waals surface area contributed by atoms with Crippen molar-refractivity contribution < 1.29 is 14.5 Å². The van der Waals surface area contributed by atoms with Gasteiger partial charge in [-0.2, -0.15) is 0 Å². The van der Waals surface area contributed by atoms with Crippen LogP contribution in [-0.4, -0.2) is 35.4 Å². The number of rotatable bonds is 4. The van der Waals surface area contributed by atoms with E-state index in [2.05, 4.69) is 0 Å². The highest BCUT2D eigenvalue weighted by Crippen LogP contribution is 2.28. The van der Waals surface area contributed by atoms with Gasteiger partial charge in [0, 0.05) is 25.2 Å². The number of nitro groups is 1. The fourth-order valence-electron chi connectivity index (χ4n) is 1.93. The van der Waals surface area contributed by atoms with Gasteiger partial charge in [-0.25, -0.2) is 0 Å². The number of hydrogen-bond acceptors (Lipinski definition) is 4. The Morgan fingerprint density at radius 1 is 1.42 bits per heavy atom. The first kappa shape index (κ1) is 13.6. The van der Waals surface area contributed by atoms with E-state index in [1.165, 1.54) is 18.2 Å². The van der Waals surface area contributed by atoms with Gasteiger partial charge in [0.1, 0.15) is 10.8 Å². The van der Waals surface area contributed by atoms with Crippen molar-refractivity contribution in [2.75, 3.05) is 19.7 Å². The molecule has 7 heteroatoms. The van der Waals surface area contributed by atoms with Crippen LogP contribution in [0, 0.1) is 10.1 Å². The highest BCUT2D eigenvalue weighted by molar-refractivity contribution is 6.32. The molecule has 0 unspecified atom stereocenters. The molecule has 1 aliphatic rings. The third-order valence-electron chi connectivity index (χ3n) is 2.94. The molecule has 0 bridgehead atoms. The highest BCUT2D eigenvalue weighted by Gasteiger charge is 2.18. The molecule has 19 heavy (non-hydrogen) atoms. The van der Waals surface area contributed by atoms with Crippen LogP contribution in [0.25, 0.3) is 0 Å². The standard InChI is InChI=1S/C12H13ClN2O4/c13-10-7-9(3-4-11(10)15(17)18)19-8-12(16)14-5-1-2-6-14/h3-4,7H,1-2,5-6,8H2. The van der Waals surface area contributed by atoms with Crippen LogP contribution in [0.3, 0.4) is 0 Å². The quantitative estimate of drug-likeness (QED) is 0.628. The van der Waals surface area contributed by atoms with Gasteiger partial charge in [-0.05, 0) is 18.9 Å². The van der Waals surface area contributed by atoms with Crippen molar-refractivity contribution >= 4 is 23.2 Å². The molecule has 2 rings (SSSR count). The monoisotopic (exact) mass is 284 g/mol. The Bertz CT molecular complexity index is 501. The number of nitro benzene ring substituents is 1. The lowest BCUT2D eigenvalue weighted by Crippen LogP contribution is -2.32. The highest BCUT2D eigenvalue weighted by atomic mass is 35.5. The van der Waals surface area contributed by atoms with Gasteiger partial charge >= 0.3 is 0 Å². The number of amides is 1. The van der Waals surface area contributed by atoms with Gasteiger partial charge < -0.3 is 9.64 Å². The Morgan fingerprint density at radius 2 is 2.11 bits per heavy atom. The average Bonchev–Trinajstić information content (AvgIpc) is 2.89. The molecule has 1 aliphatic heterocycles. The summed E-state index contributed by atoms with van der Waals surface area (Å²) >= 11 is 5.75. The van der Waals surface area contributed by atoms with Crippen LogP contribution in [0.1, 0.15) is 12.8 Å². The zero-order valence-corrected chi connectivity index (χ0v) is 10.9. The van der Waals surface area contributed by atoms with E-state index in [4.69, 9.17) is 16.3 Å². The molecule has 6 nitrogen and oxygen atoms in total. The molecule has 1 heterocycles. The maximum absolute atomic E-state index is 11.7. The van der Waals surface area contributed by atoms with E-state index < -0.39 is 4.92 Å². The lowest BCUT2D eigenvalue weighted by molar-refractivity contribution is -0.384. The third kappa shape index (κ3) is 3.35. The summed E-state index contributed by atoms with van der Waals surface area (Å²) < 4.78 is 5.30. The predicted octanol–water partition coefficient (Wildman–Crippen LogP) is 2.25. The van der Waals surface area contributed by atoms with Crippen molar-refractivity contribution in [1.29, 1.82) is 0 Å². The van der Waals surface area contributed by atoms with Gasteiger partial charge in [-0.1, -0.05) is 11.6 Å². The number of likely N-dealkylation sites (tertiary alicyclic amines) is 1. The topological polar surface area (TPSA) is 72.7 Å². The predicted molar refractivity (Wildman–Crippen MR) is 69.4 cm³/mol. The van der Waals surface area contributed by atoms with E-state index in [9.17, 15) is 14.9 Å². The molecule has 0 N–H and O–H groups in total. The number of halogens is 1. The summed E-state index contributed by atoms with van der Waals surface area (Å²) in [6.07, 6.45) is 2.05. The van der Waals surface area contributed by atoms with Crippen molar-refractivity contribution in [3.8, 4) is 5.75 Å². The van der Waals surface area contributed by atoms with Gasteiger partial charge in [0.2, 0.25) is 0 Å². The van der Waals surface area contributed by atoms with Gasteiger partial charge in [0.05, 0.1) is 4.92 Å². The van der Waals surface area contributed by atoms with Crippen LogP contribution in [-0.2, 0) is 4.79 Å². The number of ether oxygens (including phenoxy) is 1. The Labute approximate surface area is 115 Å². The van der Waals surface area contributed by atoms with Crippen LogP contribution in [0.4, 0.5) is 5.69 Å². The second kappa shape index (κ2) is 5.88. The van der Waals surface area contributed by atoms with Gasteiger partial charge in [-0.15, -0.1) is 0 Å². The number of nitrogens with zero attached hydrogens (tertiary/aromatic N) is 2. The van der Waals surface area contributed by atoms with E-state index in [0.717, 1.165) is 25.9 Å². The first-order valence-electron chi connectivity index (χ1n) is 5.92. The van der Waals surface area contributed by atoms with Gasteiger partial charge in [0.15, 0.2) is 6.61 Å². The van der Waals surface area contributed by atoms with E-state index in [1.54, 1.807) is 4.90 Å². The minimum Gasteiger partial charge on any atom is -0.484 e. The second-order valence-electron chi connectivity index (χ2n) is 4.25. The summed E-state index contributed by atoms with van der Waals surface area (Å²) in [5.41, 5.74) is -0.181. The molecule has 0 saturated carbocycles. The number of benzene rings is 1. The number of carbonyl (C=O) groups excluding carboxylic acids is 1. The molecule has 1 aromatic carbocycles. The number of carbonyl (C=O) groups is 1. The smallest absolute Gasteiger partial charge is 0.288 e. The second-order valence-corrected chi connectivity index (χ2v) is 4.65. The summed E-state index contributed by atoms with van der Waals surface area (Å²) in [5.74, 6) is 0.273. The van der Waals surface area contributed by atoms with E-state index >= 15 is 0 Å². The average molecular weight is 285 g/mol. The summed E-state index contributed by atoms with van der Waals surface area (Å²) in [5, 5.41) is 10.6. The number of hydrogen-bond donors (Lipinski definition) is 0. The molecule has 1 fully saturated rings. The first-order valence-corrected chi connectivity index (χ1v) is 6.30. The Balaban J connectivity index is 1.94. The fraction of sp³-hybridized carbons (Fsp3) is 0.417. The van der Waals surface area contributed by atoms with Crippen molar-refractivity contribution in [2.24, 2.45) is 0 Å². The summed E-state index contributed by atoms with van der Waals surface area (Å²) in [4.78, 5) is 23.5. The third-order valence-corrected chi connectivity index (χ3v) is 3.24. The fourth-order valence-corrected chi connectivity index (χ4v) is 2.17. The zero-order valence-electron chi connectivity index (χ0n) is 10.2.